The largest absolute Gasteiger partial charge is 0.497 e. The molecule has 3 heterocycles. The number of hydrogen-bond acceptors (Lipinski definition) is 4. The van der Waals surface area contributed by atoms with Crippen molar-refractivity contribution < 1.29 is 14.3 Å². The normalized spacial score (nSPS) is 25.5. The van der Waals surface area contributed by atoms with Crippen LogP contribution in [0.4, 0.5) is 10.5 Å². The van der Waals surface area contributed by atoms with Crippen LogP contribution in [0.5, 0.6) is 5.75 Å². The first-order valence-electron chi connectivity index (χ1n) is 10.8. The summed E-state index contributed by atoms with van der Waals surface area (Å²) in [6, 6.07) is 8.09. The second kappa shape index (κ2) is 8.70. The van der Waals surface area contributed by atoms with E-state index < -0.39 is 0 Å². The van der Waals surface area contributed by atoms with Gasteiger partial charge in [0.05, 0.1) is 12.7 Å². The van der Waals surface area contributed by atoms with Crippen LogP contribution >= 0.6 is 0 Å². The van der Waals surface area contributed by atoms with Gasteiger partial charge in [-0.2, -0.15) is 0 Å². The number of hydrogen-bond donors (Lipinski definition) is 1. The molecule has 3 saturated heterocycles. The molecule has 0 saturated carbocycles. The van der Waals surface area contributed by atoms with E-state index in [0.717, 1.165) is 56.8 Å². The van der Waals surface area contributed by atoms with Gasteiger partial charge >= 0.3 is 6.03 Å². The number of urea groups is 1. The van der Waals surface area contributed by atoms with E-state index in [4.69, 9.17) is 9.47 Å². The highest BCUT2D eigenvalue weighted by molar-refractivity contribution is 5.89. The second-order valence-electron chi connectivity index (χ2n) is 8.42. The van der Waals surface area contributed by atoms with Crippen molar-refractivity contribution in [3.8, 4) is 5.75 Å². The fourth-order valence-corrected chi connectivity index (χ4v) is 4.94. The molecule has 0 radical (unpaired) electrons. The molecule has 0 aliphatic carbocycles. The summed E-state index contributed by atoms with van der Waals surface area (Å²) in [4.78, 5) is 17.3. The molecule has 0 aromatic heterocycles. The van der Waals surface area contributed by atoms with Gasteiger partial charge in [0.25, 0.3) is 0 Å². The molecular weight excluding hydrogens is 354 g/mol. The minimum absolute atomic E-state index is 0.0246. The zero-order valence-electron chi connectivity index (χ0n) is 17.0. The van der Waals surface area contributed by atoms with Crippen molar-refractivity contribution in [2.24, 2.45) is 0 Å². The number of anilines is 1. The van der Waals surface area contributed by atoms with Crippen molar-refractivity contribution >= 4 is 11.7 Å². The fourth-order valence-electron chi connectivity index (χ4n) is 4.94. The molecule has 0 bridgehead atoms. The van der Waals surface area contributed by atoms with Crippen LogP contribution in [0.1, 0.15) is 44.9 Å². The first-order chi connectivity index (χ1) is 13.7. The Morgan fingerprint density at radius 1 is 1.11 bits per heavy atom. The summed E-state index contributed by atoms with van der Waals surface area (Å²) < 4.78 is 11.5. The van der Waals surface area contributed by atoms with E-state index in [1.165, 1.54) is 32.4 Å². The Labute approximate surface area is 168 Å². The van der Waals surface area contributed by atoms with Gasteiger partial charge in [0.1, 0.15) is 5.75 Å². The summed E-state index contributed by atoms with van der Waals surface area (Å²) >= 11 is 0. The molecule has 6 nitrogen and oxygen atoms in total. The Hall–Kier alpha value is -1.79. The third-order valence-electron chi connectivity index (χ3n) is 6.68. The van der Waals surface area contributed by atoms with Crippen LogP contribution in [0.3, 0.4) is 0 Å². The maximum absolute atomic E-state index is 12.6. The van der Waals surface area contributed by atoms with E-state index in [0.29, 0.717) is 6.04 Å². The third-order valence-corrected chi connectivity index (χ3v) is 6.68. The van der Waals surface area contributed by atoms with Gasteiger partial charge in [0.2, 0.25) is 0 Å². The monoisotopic (exact) mass is 387 g/mol. The molecule has 1 aromatic rings. The summed E-state index contributed by atoms with van der Waals surface area (Å²) in [5, 5.41) is 3.00. The number of carbonyl (C=O) groups is 1. The van der Waals surface area contributed by atoms with E-state index >= 15 is 0 Å². The SMILES string of the molecule is COc1ccc(NC(=O)N2CCC3(CC2)CC(N2CCCCC2)CCO3)cc1. The van der Waals surface area contributed by atoms with Gasteiger partial charge < -0.3 is 24.6 Å². The van der Waals surface area contributed by atoms with E-state index in [2.05, 4.69) is 10.2 Å². The van der Waals surface area contributed by atoms with Crippen LogP contribution < -0.4 is 10.1 Å². The average molecular weight is 388 g/mol. The molecular formula is C22H33N3O3. The highest BCUT2D eigenvalue weighted by Gasteiger charge is 2.42. The summed E-state index contributed by atoms with van der Waals surface area (Å²) in [5.74, 6) is 0.788. The summed E-state index contributed by atoms with van der Waals surface area (Å²) in [6.07, 6.45) is 8.21. The minimum Gasteiger partial charge on any atom is -0.497 e. The van der Waals surface area contributed by atoms with Gasteiger partial charge in [-0.25, -0.2) is 4.79 Å². The smallest absolute Gasteiger partial charge is 0.321 e. The Balaban J connectivity index is 1.29. The van der Waals surface area contributed by atoms with Crippen LogP contribution in [0, 0.1) is 0 Å². The van der Waals surface area contributed by atoms with Crippen LogP contribution in [0.15, 0.2) is 24.3 Å². The van der Waals surface area contributed by atoms with Gasteiger partial charge in [0.15, 0.2) is 0 Å². The number of benzene rings is 1. The van der Waals surface area contributed by atoms with Crippen LogP contribution in [-0.4, -0.2) is 67.4 Å². The van der Waals surface area contributed by atoms with E-state index in [9.17, 15) is 4.79 Å². The number of amides is 2. The summed E-state index contributed by atoms with van der Waals surface area (Å²) in [6.45, 7) is 4.87. The molecule has 2 amide bonds. The number of methoxy groups -OCH3 is 1. The number of nitrogens with one attached hydrogen (secondary N) is 1. The van der Waals surface area contributed by atoms with Crippen LogP contribution in [-0.2, 0) is 4.74 Å². The molecule has 1 N–H and O–H groups in total. The summed E-state index contributed by atoms with van der Waals surface area (Å²) in [5.41, 5.74) is 0.766. The highest BCUT2D eigenvalue weighted by atomic mass is 16.5. The average Bonchev–Trinajstić information content (AvgIpc) is 2.75. The fraction of sp³-hybridized carbons (Fsp3) is 0.682. The molecule has 1 aromatic carbocycles. The maximum Gasteiger partial charge on any atom is 0.321 e. The van der Waals surface area contributed by atoms with Crippen molar-refractivity contribution in [2.45, 2.75) is 56.6 Å². The van der Waals surface area contributed by atoms with Gasteiger partial charge in [-0.05, 0) is 75.9 Å². The molecule has 3 aliphatic heterocycles. The molecule has 1 atom stereocenters. The van der Waals surface area contributed by atoms with E-state index in [1.807, 2.05) is 29.2 Å². The Bertz CT molecular complexity index is 649. The highest BCUT2D eigenvalue weighted by Crippen LogP contribution is 2.37. The predicted octanol–water partition coefficient (Wildman–Crippen LogP) is 3.73. The van der Waals surface area contributed by atoms with Crippen molar-refractivity contribution in [1.82, 2.24) is 9.80 Å². The lowest BCUT2D eigenvalue weighted by molar-refractivity contribution is -0.130. The van der Waals surface area contributed by atoms with Gasteiger partial charge in [-0.1, -0.05) is 6.42 Å². The number of ether oxygens (including phenoxy) is 2. The molecule has 1 spiro atoms. The van der Waals surface area contributed by atoms with Gasteiger partial charge in [-0.3, -0.25) is 0 Å². The number of nitrogens with zero attached hydrogens (tertiary/aromatic N) is 2. The molecule has 4 rings (SSSR count). The zero-order chi connectivity index (χ0) is 19.4. The molecule has 6 heteroatoms. The number of rotatable bonds is 3. The number of likely N-dealkylation sites (tertiary alicyclic amines) is 2. The van der Waals surface area contributed by atoms with Crippen molar-refractivity contribution in [2.75, 3.05) is 45.2 Å². The zero-order valence-corrected chi connectivity index (χ0v) is 17.0. The van der Waals surface area contributed by atoms with E-state index in [-0.39, 0.29) is 11.6 Å². The quantitative estimate of drug-likeness (QED) is 0.859. The van der Waals surface area contributed by atoms with Gasteiger partial charge in [-0.15, -0.1) is 0 Å². The minimum atomic E-state index is -0.0305. The number of piperidine rings is 2. The lowest BCUT2D eigenvalue weighted by atomic mass is 9.81. The maximum atomic E-state index is 12.6. The molecule has 3 fully saturated rings. The molecule has 3 aliphatic rings. The Morgan fingerprint density at radius 2 is 1.82 bits per heavy atom. The van der Waals surface area contributed by atoms with E-state index in [1.54, 1.807) is 7.11 Å². The lowest BCUT2D eigenvalue weighted by Gasteiger charge is -2.49. The van der Waals surface area contributed by atoms with Crippen molar-refractivity contribution in [1.29, 1.82) is 0 Å². The molecule has 1 unspecified atom stereocenters. The Morgan fingerprint density at radius 3 is 2.50 bits per heavy atom. The first-order valence-corrected chi connectivity index (χ1v) is 10.8. The predicted molar refractivity (Wildman–Crippen MR) is 110 cm³/mol. The standard InChI is InChI=1S/C22H33N3O3/c1-27-20-7-5-18(6-8-20)23-21(26)25-14-10-22(11-15-25)17-19(9-16-28-22)24-12-3-2-4-13-24/h5-8,19H,2-4,9-17H2,1H3,(H,23,26). The lowest BCUT2D eigenvalue weighted by Crippen LogP contribution is -2.55. The first kappa shape index (κ1) is 19.5. The third kappa shape index (κ3) is 4.44. The van der Waals surface area contributed by atoms with Crippen molar-refractivity contribution in [3.63, 3.8) is 0 Å². The van der Waals surface area contributed by atoms with Gasteiger partial charge in [0, 0.05) is 31.4 Å². The molecule has 28 heavy (non-hydrogen) atoms. The number of carbonyl (C=O) groups excluding carboxylic acids is 1. The molecule has 154 valence electrons. The van der Waals surface area contributed by atoms with Crippen LogP contribution in [0.2, 0.25) is 0 Å². The van der Waals surface area contributed by atoms with Crippen molar-refractivity contribution in [3.05, 3.63) is 24.3 Å². The summed E-state index contributed by atoms with van der Waals surface area (Å²) in [7, 11) is 1.64. The van der Waals surface area contributed by atoms with Crippen LogP contribution in [0.25, 0.3) is 0 Å². The Kier molecular flexibility index (Phi) is 6.07. The topological polar surface area (TPSA) is 54.0 Å². The second-order valence-corrected chi connectivity index (χ2v) is 8.42.